The molecule has 1 rings (SSSR count). The molecule has 1 nitrogen and oxygen atoms in total. The molecule has 0 aliphatic carbocycles. The molecule has 0 aliphatic heterocycles. The fourth-order valence-corrected chi connectivity index (χ4v) is 2.81. The van der Waals surface area contributed by atoms with Gasteiger partial charge in [0.15, 0.2) is 0 Å². The zero-order valence-corrected chi connectivity index (χ0v) is 12.8. The van der Waals surface area contributed by atoms with Crippen LogP contribution in [0.25, 0.3) is 0 Å². The average molecular weight is 266 g/mol. The fourth-order valence-electron chi connectivity index (χ4n) is 1.87. The summed E-state index contributed by atoms with van der Waals surface area (Å²) in [6, 6.07) is 8.40. The van der Waals surface area contributed by atoms with Crippen molar-refractivity contribution < 1.29 is 5.11 Å². The van der Waals surface area contributed by atoms with Gasteiger partial charge in [0.1, 0.15) is 0 Å². The summed E-state index contributed by atoms with van der Waals surface area (Å²) >= 11 is 1.85. The Bertz CT molecular complexity index is 349. The summed E-state index contributed by atoms with van der Waals surface area (Å²) in [5.41, 5.74) is 2.39. The summed E-state index contributed by atoms with van der Waals surface area (Å²) in [6.45, 7) is 8.85. The Kier molecular flexibility index (Phi) is 6.80. The summed E-state index contributed by atoms with van der Waals surface area (Å²) in [6.07, 6.45) is 1.90. The molecule has 0 spiro atoms. The maximum atomic E-state index is 10.2. The molecule has 1 N–H and O–H groups in total. The van der Waals surface area contributed by atoms with Crippen LogP contribution in [0.1, 0.15) is 51.3 Å². The second-order valence-corrected chi connectivity index (χ2v) is 6.88. The summed E-state index contributed by atoms with van der Waals surface area (Å²) in [5.74, 6) is 1.45. The molecule has 0 aliphatic rings. The average Bonchev–Trinajstić information content (AvgIpc) is 2.35. The molecule has 0 aromatic heterocycles. The second-order valence-electron chi connectivity index (χ2n) is 5.41. The molecule has 0 radical (unpaired) electrons. The Morgan fingerprint density at radius 1 is 1.22 bits per heavy atom. The first-order chi connectivity index (χ1) is 8.52. The van der Waals surface area contributed by atoms with Gasteiger partial charge in [-0.25, -0.2) is 0 Å². The topological polar surface area (TPSA) is 20.2 Å². The van der Waals surface area contributed by atoms with E-state index in [1.54, 1.807) is 0 Å². The van der Waals surface area contributed by atoms with Gasteiger partial charge in [0.2, 0.25) is 0 Å². The van der Waals surface area contributed by atoms with Crippen LogP contribution in [0.4, 0.5) is 0 Å². The van der Waals surface area contributed by atoms with Gasteiger partial charge in [-0.2, -0.15) is 11.8 Å². The van der Waals surface area contributed by atoms with Gasteiger partial charge in [-0.05, 0) is 29.9 Å². The maximum absolute atomic E-state index is 10.2. The van der Waals surface area contributed by atoms with E-state index < -0.39 is 0 Å². The van der Waals surface area contributed by atoms with Crippen LogP contribution in [0.15, 0.2) is 24.3 Å². The molecule has 2 heteroatoms. The first-order valence-electron chi connectivity index (χ1n) is 6.91. The highest BCUT2D eigenvalue weighted by atomic mass is 32.2. The standard InChI is InChI=1S/C16H26OS/c1-5-13(4)18-11-16(17)15-8-6-7-14(10-15)9-12(2)3/h6-8,10,12-13,16-17H,5,9,11H2,1-4H3. The van der Waals surface area contributed by atoms with Gasteiger partial charge >= 0.3 is 0 Å². The minimum Gasteiger partial charge on any atom is -0.388 e. The number of aliphatic hydroxyl groups is 1. The van der Waals surface area contributed by atoms with Crippen LogP contribution in [-0.2, 0) is 6.42 Å². The van der Waals surface area contributed by atoms with E-state index in [2.05, 4.69) is 45.9 Å². The third-order valence-electron chi connectivity index (χ3n) is 3.09. The molecule has 102 valence electrons. The first kappa shape index (κ1) is 15.6. The van der Waals surface area contributed by atoms with Crippen LogP contribution in [0, 0.1) is 5.92 Å². The van der Waals surface area contributed by atoms with Gasteiger partial charge < -0.3 is 5.11 Å². The fraction of sp³-hybridized carbons (Fsp3) is 0.625. The van der Waals surface area contributed by atoms with Gasteiger partial charge in [-0.15, -0.1) is 0 Å². The SMILES string of the molecule is CCC(C)SCC(O)c1cccc(CC(C)C)c1. The zero-order chi connectivity index (χ0) is 13.5. The summed E-state index contributed by atoms with van der Waals surface area (Å²) in [7, 11) is 0. The van der Waals surface area contributed by atoms with Gasteiger partial charge in [0.05, 0.1) is 6.10 Å². The van der Waals surface area contributed by atoms with Gasteiger partial charge in [0.25, 0.3) is 0 Å². The summed E-state index contributed by atoms with van der Waals surface area (Å²) in [5, 5.41) is 10.8. The number of benzene rings is 1. The highest BCUT2D eigenvalue weighted by Gasteiger charge is 2.10. The summed E-state index contributed by atoms with van der Waals surface area (Å²) < 4.78 is 0. The van der Waals surface area contributed by atoms with Crippen molar-refractivity contribution in [1.29, 1.82) is 0 Å². The smallest absolute Gasteiger partial charge is 0.0880 e. The Labute approximate surface area is 116 Å². The molecule has 0 amide bonds. The molecular weight excluding hydrogens is 240 g/mol. The van der Waals surface area contributed by atoms with E-state index in [-0.39, 0.29) is 6.10 Å². The van der Waals surface area contributed by atoms with Crippen LogP contribution < -0.4 is 0 Å². The molecule has 18 heavy (non-hydrogen) atoms. The minimum absolute atomic E-state index is 0.337. The van der Waals surface area contributed by atoms with E-state index in [9.17, 15) is 5.11 Å². The molecule has 1 aromatic rings. The van der Waals surface area contributed by atoms with Crippen LogP contribution in [0.5, 0.6) is 0 Å². The van der Waals surface area contributed by atoms with Crippen molar-refractivity contribution in [2.24, 2.45) is 5.92 Å². The molecule has 2 atom stereocenters. The van der Waals surface area contributed by atoms with E-state index in [1.807, 2.05) is 17.8 Å². The third kappa shape index (κ3) is 5.45. The van der Waals surface area contributed by atoms with Crippen molar-refractivity contribution in [2.45, 2.75) is 51.9 Å². The molecule has 0 bridgehead atoms. The van der Waals surface area contributed by atoms with Crippen molar-refractivity contribution in [3.8, 4) is 0 Å². The number of thioether (sulfide) groups is 1. The lowest BCUT2D eigenvalue weighted by Crippen LogP contribution is -2.05. The zero-order valence-electron chi connectivity index (χ0n) is 12.0. The number of hydrogen-bond donors (Lipinski definition) is 1. The van der Waals surface area contributed by atoms with Crippen molar-refractivity contribution >= 4 is 11.8 Å². The third-order valence-corrected chi connectivity index (χ3v) is 4.50. The van der Waals surface area contributed by atoms with Crippen molar-refractivity contribution in [3.63, 3.8) is 0 Å². The monoisotopic (exact) mass is 266 g/mol. The van der Waals surface area contributed by atoms with Crippen molar-refractivity contribution in [2.75, 3.05) is 5.75 Å². The van der Waals surface area contributed by atoms with E-state index >= 15 is 0 Å². The van der Waals surface area contributed by atoms with Crippen LogP contribution >= 0.6 is 11.8 Å². The van der Waals surface area contributed by atoms with E-state index in [4.69, 9.17) is 0 Å². The van der Waals surface area contributed by atoms with Crippen LogP contribution in [0.3, 0.4) is 0 Å². The molecular formula is C16H26OS. The van der Waals surface area contributed by atoms with Crippen molar-refractivity contribution in [1.82, 2.24) is 0 Å². The first-order valence-corrected chi connectivity index (χ1v) is 7.96. The lowest BCUT2D eigenvalue weighted by atomic mass is 9.99. The molecule has 0 saturated heterocycles. The second kappa shape index (κ2) is 7.85. The Morgan fingerprint density at radius 2 is 1.94 bits per heavy atom. The summed E-state index contributed by atoms with van der Waals surface area (Å²) in [4.78, 5) is 0. The lowest BCUT2D eigenvalue weighted by Gasteiger charge is -2.15. The molecule has 0 saturated carbocycles. The van der Waals surface area contributed by atoms with Crippen LogP contribution in [0.2, 0.25) is 0 Å². The van der Waals surface area contributed by atoms with E-state index in [0.29, 0.717) is 11.2 Å². The Morgan fingerprint density at radius 3 is 2.56 bits per heavy atom. The highest BCUT2D eigenvalue weighted by Crippen LogP contribution is 2.23. The van der Waals surface area contributed by atoms with Crippen molar-refractivity contribution in [3.05, 3.63) is 35.4 Å². The number of rotatable bonds is 7. The van der Waals surface area contributed by atoms with Gasteiger partial charge in [-0.1, -0.05) is 52.0 Å². The molecule has 0 heterocycles. The maximum Gasteiger partial charge on any atom is 0.0880 e. The van der Waals surface area contributed by atoms with E-state index in [0.717, 1.165) is 24.2 Å². The Hall–Kier alpha value is -0.470. The molecule has 1 aromatic carbocycles. The lowest BCUT2D eigenvalue weighted by molar-refractivity contribution is 0.204. The molecule has 2 unspecified atom stereocenters. The number of hydrogen-bond acceptors (Lipinski definition) is 2. The normalized spacial score (nSPS) is 14.8. The highest BCUT2D eigenvalue weighted by molar-refractivity contribution is 7.99. The van der Waals surface area contributed by atoms with Crippen LogP contribution in [-0.4, -0.2) is 16.1 Å². The quantitative estimate of drug-likeness (QED) is 0.787. The predicted octanol–water partition coefficient (Wildman–Crippen LogP) is 4.45. The van der Waals surface area contributed by atoms with Gasteiger partial charge in [-0.3, -0.25) is 0 Å². The predicted molar refractivity (Wildman–Crippen MR) is 82.2 cm³/mol. The minimum atomic E-state index is -0.337. The molecule has 0 fully saturated rings. The number of aliphatic hydroxyl groups excluding tert-OH is 1. The largest absolute Gasteiger partial charge is 0.388 e. The van der Waals surface area contributed by atoms with E-state index in [1.165, 1.54) is 5.56 Å². The van der Waals surface area contributed by atoms with Gasteiger partial charge in [0, 0.05) is 11.0 Å². The Balaban J connectivity index is 2.59.